The molecule has 6 heteroatoms. The van der Waals surface area contributed by atoms with Crippen molar-refractivity contribution in [3.05, 3.63) is 17.0 Å². The fourth-order valence-corrected chi connectivity index (χ4v) is 1.96. The molecule has 17 heavy (non-hydrogen) atoms. The molecule has 0 N–H and O–H groups in total. The fourth-order valence-electron chi connectivity index (χ4n) is 1.83. The van der Waals surface area contributed by atoms with Crippen molar-refractivity contribution < 1.29 is 9.53 Å². The topological polar surface area (TPSA) is 55.3 Å². The summed E-state index contributed by atoms with van der Waals surface area (Å²) in [5, 5.41) is 0.132. The molecule has 1 saturated heterocycles. The van der Waals surface area contributed by atoms with Crippen LogP contribution in [0, 0.1) is 12.8 Å². The third kappa shape index (κ3) is 2.20. The first-order valence-corrected chi connectivity index (χ1v) is 5.83. The van der Waals surface area contributed by atoms with E-state index in [1.165, 1.54) is 0 Å². The van der Waals surface area contributed by atoms with Gasteiger partial charge in [0.1, 0.15) is 12.4 Å². The van der Waals surface area contributed by atoms with Crippen molar-refractivity contribution in [2.45, 2.75) is 26.8 Å². The van der Waals surface area contributed by atoms with E-state index in [1.807, 2.05) is 20.8 Å². The lowest BCUT2D eigenvalue weighted by molar-refractivity contribution is 0.177. The van der Waals surface area contributed by atoms with Crippen LogP contribution >= 0.6 is 11.6 Å². The zero-order valence-electron chi connectivity index (χ0n) is 9.98. The van der Waals surface area contributed by atoms with E-state index in [2.05, 4.69) is 9.97 Å². The van der Waals surface area contributed by atoms with Crippen LogP contribution in [0.2, 0.25) is 5.28 Å². The molecule has 1 amide bonds. The number of carbonyl (C=O) groups excluding carboxylic acids is 1. The lowest BCUT2D eigenvalue weighted by atomic mass is 10.0. The van der Waals surface area contributed by atoms with Crippen LogP contribution < -0.4 is 4.90 Å². The van der Waals surface area contributed by atoms with E-state index in [1.54, 1.807) is 11.1 Å². The SMILES string of the molecule is Cc1cnc(Cl)nc1N1C(=O)OCC1C(C)C. The largest absolute Gasteiger partial charge is 0.447 e. The second-order valence-corrected chi connectivity index (χ2v) is 4.74. The summed E-state index contributed by atoms with van der Waals surface area (Å²) >= 11 is 5.77. The normalized spacial score (nSPS) is 19.9. The summed E-state index contributed by atoms with van der Waals surface area (Å²) in [6.07, 6.45) is 1.23. The number of nitrogens with zero attached hydrogens (tertiary/aromatic N) is 3. The predicted octanol–water partition coefficient (Wildman–Crippen LogP) is 2.42. The molecular weight excluding hydrogens is 242 g/mol. The smallest absolute Gasteiger partial charge is 0.415 e. The van der Waals surface area contributed by atoms with E-state index in [9.17, 15) is 4.79 Å². The highest BCUT2D eigenvalue weighted by atomic mass is 35.5. The maximum absolute atomic E-state index is 11.8. The molecule has 0 bridgehead atoms. The van der Waals surface area contributed by atoms with Gasteiger partial charge in [0.05, 0.1) is 6.04 Å². The van der Waals surface area contributed by atoms with E-state index in [-0.39, 0.29) is 23.3 Å². The minimum Gasteiger partial charge on any atom is -0.447 e. The van der Waals surface area contributed by atoms with Gasteiger partial charge in [-0.2, -0.15) is 4.98 Å². The Hall–Kier alpha value is -1.36. The summed E-state index contributed by atoms with van der Waals surface area (Å²) in [5.41, 5.74) is 0.805. The second kappa shape index (κ2) is 4.49. The van der Waals surface area contributed by atoms with Crippen LogP contribution in [-0.2, 0) is 4.74 Å². The Bertz CT molecular complexity index is 450. The highest BCUT2D eigenvalue weighted by molar-refractivity contribution is 6.28. The van der Waals surface area contributed by atoms with Gasteiger partial charge < -0.3 is 4.74 Å². The van der Waals surface area contributed by atoms with Gasteiger partial charge in [-0.05, 0) is 24.4 Å². The molecule has 5 nitrogen and oxygen atoms in total. The lowest BCUT2D eigenvalue weighted by Crippen LogP contribution is -2.38. The Morgan fingerprint density at radius 3 is 2.94 bits per heavy atom. The first kappa shape index (κ1) is 12.1. The van der Waals surface area contributed by atoms with Gasteiger partial charge in [0.2, 0.25) is 5.28 Å². The van der Waals surface area contributed by atoms with Gasteiger partial charge in [-0.1, -0.05) is 13.8 Å². The molecule has 1 aromatic heterocycles. The van der Waals surface area contributed by atoms with E-state index in [0.29, 0.717) is 12.4 Å². The van der Waals surface area contributed by atoms with Crippen LogP contribution in [0.15, 0.2) is 6.20 Å². The van der Waals surface area contributed by atoms with Crippen LogP contribution in [-0.4, -0.2) is 28.7 Å². The van der Waals surface area contributed by atoms with Gasteiger partial charge in [-0.25, -0.2) is 9.78 Å². The minimum absolute atomic E-state index is 0.00725. The highest BCUT2D eigenvalue weighted by Gasteiger charge is 2.37. The maximum Gasteiger partial charge on any atom is 0.415 e. The zero-order valence-corrected chi connectivity index (χ0v) is 10.7. The number of carbonyl (C=O) groups is 1. The minimum atomic E-state index is -0.374. The molecular formula is C11H14ClN3O2. The van der Waals surface area contributed by atoms with Crippen LogP contribution in [0.5, 0.6) is 0 Å². The van der Waals surface area contributed by atoms with Crippen LogP contribution in [0.3, 0.4) is 0 Å². The summed E-state index contributed by atoms with van der Waals surface area (Å²) in [6, 6.07) is -0.00725. The van der Waals surface area contributed by atoms with Crippen molar-refractivity contribution >= 4 is 23.5 Å². The third-order valence-electron chi connectivity index (χ3n) is 2.82. The van der Waals surface area contributed by atoms with Crippen LogP contribution in [0.1, 0.15) is 19.4 Å². The molecule has 0 radical (unpaired) electrons. The molecule has 1 atom stereocenters. The van der Waals surface area contributed by atoms with Crippen molar-refractivity contribution in [2.75, 3.05) is 11.5 Å². The molecule has 0 spiro atoms. The Balaban J connectivity index is 2.42. The number of aromatic nitrogens is 2. The molecule has 1 aromatic rings. The van der Waals surface area contributed by atoms with Gasteiger partial charge >= 0.3 is 6.09 Å². The monoisotopic (exact) mass is 255 g/mol. The number of ether oxygens (including phenoxy) is 1. The summed E-state index contributed by atoms with van der Waals surface area (Å²) in [6.45, 7) is 6.31. The molecule has 0 aromatic carbocycles. The van der Waals surface area contributed by atoms with E-state index >= 15 is 0 Å². The first-order valence-electron chi connectivity index (χ1n) is 5.46. The van der Waals surface area contributed by atoms with Gasteiger partial charge in [0.25, 0.3) is 0 Å². The Morgan fingerprint density at radius 1 is 1.59 bits per heavy atom. The average Bonchev–Trinajstić information content (AvgIpc) is 2.64. The number of aryl methyl sites for hydroxylation is 1. The molecule has 1 unspecified atom stereocenters. The average molecular weight is 256 g/mol. The summed E-state index contributed by atoms with van der Waals surface area (Å²) in [5.74, 6) is 0.820. The number of cyclic esters (lactones) is 1. The van der Waals surface area contributed by atoms with Crippen LogP contribution in [0.4, 0.5) is 10.6 Å². The van der Waals surface area contributed by atoms with Crippen molar-refractivity contribution in [1.29, 1.82) is 0 Å². The van der Waals surface area contributed by atoms with Crippen molar-refractivity contribution in [3.8, 4) is 0 Å². The molecule has 0 aliphatic carbocycles. The predicted molar refractivity (Wildman–Crippen MR) is 64.2 cm³/mol. The number of hydrogen-bond donors (Lipinski definition) is 0. The molecule has 1 aliphatic heterocycles. The van der Waals surface area contributed by atoms with Gasteiger partial charge in [0, 0.05) is 11.8 Å². The fraction of sp³-hybridized carbons (Fsp3) is 0.545. The number of rotatable bonds is 2. The van der Waals surface area contributed by atoms with Crippen LogP contribution in [0.25, 0.3) is 0 Å². The van der Waals surface area contributed by atoms with Gasteiger partial charge in [-0.3, -0.25) is 4.90 Å². The molecule has 92 valence electrons. The number of anilines is 1. The Kier molecular flexibility index (Phi) is 3.19. The number of hydrogen-bond acceptors (Lipinski definition) is 4. The highest BCUT2D eigenvalue weighted by Crippen LogP contribution is 2.28. The van der Waals surface area contributed by atoms with Gasteiger partial charge in [-0.15, -0.1) is 0 Å². The molecule has 0 saturated carbocycles. The van der Waals surface area contributed by atoms with E-state index < -0.39 is 0 Å². The Labute approximate surface area is 105 Å². The first-order chi connectivity index (χ1) is 8.00. The lowest BCUT2D eigenvalue weighted by Gasteiger charge is -2.24. The van der Waals surface area contributed by atoms with E-state index in [0.717, 1.165) is 5.56 Å². The quantitative estimate of drug-likeness (QED) is 0.762. The summed E-state index contributed by atoms with van der Waals surface area (Å²) in [4.78, 5) is 21.3. The van der Waals surface area contributed by atoms with Crippen molar-refractivity contribution in [3.63, 3.8) is 0 Å². The molecule has 1 fully saturated rings. The summed E-state index contributed by atoms with van der Waals surface area (Å²) < 4.78 is 5.07. The standard InChI is InChI=1S/C11H14ClN3O2/c1-6(2)8-5-17-11(16)15(8)9-7(3)4-13-10(12)14-9/h4,6,8H,5H2,1-3H3. The van der Waals surface area contributed by atoms with Gasteiger partial charge in [0.15, 0.2) is 0 Å². The number of amides is 1. The third-order valence-corrected chi connectivity index (χ3v) is 3.00. The van der Waals surface area contributed by atoms with Crippen molar-refractivity contribution in [1.82, 2.24) is 9.97 Å². The molecule has 2 heterocycles. The summed E-state index contributed by atoms with van der Waals surface area (Å²) in [7, 11) is 0. The molecule has 2 rings (SSSR count). The maximum atomic E-state index is 11.8. The Morgan fingerprint density at radius 2 is 2.29 bits per heavy atom. The molecule has 1 aliphatic rings. The zero-order chi connectivity index (χ0) is 12.6. The van der Waals surface area contributed by atoms with Crippen molar-refractivity contribution in [2.24, 2.45) is 5.92 Å². The van der Waals surface area contributed by atoms with E-state index in [4.69, 9.17) is 16.3 Å². The number of halogens is 1. The second-order valence-electron chi connectivity index (χ2n) is 4.40.